The molecule has 0 saturated heterocycles. The molecule has 0 atom stereocenters. The van der Waals surface area contributed by atoms with Crippen molar-refractivity contribution in [2.24, 2.45) is 0 Å². The summed E-state index contributed by atoms with van der Waals surface area (Å²) in [5, 5.41) is 8.50. The smallest absolute Gasteiger partial charge is 0.0631 e. The summed E-state index contributed by atoms with van der Waals surface area (Å²) >= 11 is 0. The van der Waals surface area contributed by atoms with Crippen molar-refractivity contribution in [1.29, 1.82) is 0 Å². The third-order valence-corrected chi connectivity index (χ3v) is 2.82. The molecule has 0 aliphatic heterocycles. The second kappa shape index (κ2) is 8.26. The van der Waals surface area contributed by atoms with Gasteiger partial charge in [-0.1, -0.05) is 46.0 Å². The SMILES string of the molecule is CCCCCCCc1ccc(CCC)nn1. The molecule has 0 aromatic carbocycles. The number of rotatable bonds is 8. The minimum absolute atomic E-state index is 1.05. The highest BCUT2D eigenvalue weighted by Gasteiger charge is 1.97. The highest BCUT2D eigenvalue weighted by atomic mass is 15.1. The van der Waals surface area contributed by atoms with E-state index in [1.165, 1.54) is 32.1 Å². The van der Waals surface area contributed by atoms with Gasteiger partial charge >= 0.3 is 0 Å². The molecule has 1 aromatic heterocycles. The van der Waals surface area contributed by atoms with Crippen LogP contribution >= 0.6 is 0 Å². The zero-order valence-corrected chi connectivity index (χ0v) is 10.7. The van der Waals surface area contributed by atoms with Crippen molar-refractivity contribution in [1.82, 2.24) is 10.2 Å². The largest absolute Gasteiger partial charge is 0.155 e. The predicted molar refractivity (Wildman–Crippen MR) is 68.5 cm³/mol. The Morgan fingerprint density at radius 1 is 0.750 bits per heavy atom. The van der Waals surface area contributed by atoms with Crippen molar-refractivity contribution in [2.75, 3.05) is 0 Å². The van der Waals surface area contributed by atoms with Crippen LogP contribution in [0.1, 0.15) is 63.8 Å². The number of nitrogens with zero attached hydrogens (tertiary/aromatic N) is 2. The molecular formula is C14H24N2. The summed E-state index contributed by atoms with van der Waals surface area (Å²) in [6.45, 7) is 4.42. The second-order valence-electron chi connectivity index (χ2n) is 4.43. The average molecular weight is 220 g/mol. The minimum atomic E-state index is 1.05. The van der Waals surface area contributed by atoms with Crippen molar-refractivity contribution >= 4 is 0 Å². The van der Waals surface area contributed by atoms with Gasteiger partial charge in [0.15, 0.2) is 0 Å². The number of aromatic nitrogens is 2. The van der Waals surface area contributed by atoms with Crippen LogP contribution in [0, 0.1) is 0 Å². The lowest BCUT2D eigenvalue weighted by molar-refractivity contribution is 0.624. The van der Waals surface area contributed by atoms with Gasteiger partial charge in [0, 0.05) is 0 Å². The fourth-order valence-electron chi connectivity index (χ4n) is 1.82. The Bertz CT molecular complexity index is 267. The van der Waals surface area contributed by atoms with Crippen LogP contribution in [0.3, 0.4) is 0 Å². The maximum absolute atomic E-state index is 4.27. The van der Waals surface area contributed by atoms with Crippen LogP contribution in [0.15, 0.2) is 12.1 Å². The molecular weight excluding hydrogens is 196 g/mol. The Morgan fingerprint density at radius 2 is 1.38 bits per heavy atom. The first-order chi connectivity index (χ1) is 7.86. The predicted octanol–water partition coefficient (Wildman–Crippen LogP) is 3.94. The molecule has 0 unspecified atom stereocenters. The van der Waals surface area contributed by atoms with Crippen LogP contribution in [0.4, 0.5) is 0 Å². The second-order valence-corrected chi connectivity index (χ2v) is 4.43. The summed E-state index contributed by atoms with van der Waals surface area (Å²) in [5.41, 5.74) is 2.27. The topological polar surface area (TPSA) is 25.8 Å². The number of unbranched alkanes of at least 4 members (excludes halogenated alkanes) is 4. The lowest BCUT2D eigenvalue weighted by Gasteiger charge is -2.01. The van der Waals surface area contributed by atoms with Crippen molar-refractivity contribution in [3.8, 4) is 0 Å². The average Bonchev–Trinajstić information content (AvgIpc) is 2.31. The zero-order valence-electron chi connectivity index (χ0n) is 10.7. The molecule has 0 amide bonds. The summed E-state index contributed by atoms with van der Waals surface area (Å²) in [6, 6.07) is 4.26. The molecule has 2 nitrogen and oxygen atoms in total. The van der Waals surface area contributed by atoms with E-state index >= 15 is 0 Å². The first-order valence-electron chi connectivity index (χ1n) is 6.68. The van der Waals surface area contributed by atoms with Crippen molar-refractivity contribution < 1.29 is 0 Å². The molecule has 0 aliphatic rings. The molecule has 1 heterocycles. The Kier molecular flexibility index (Phi) is 6.78. The van der Waals surface area contributed by atoms with E-state index in [-0.39, 0.29) is 0 Å². The van der Waals surface area contributed by atoms with Gasteiger partial charge in [0.25, 0.3) is 0 Å². The third-order valence-electron chi connectivity index (χ3n) is 2.82. The van der Waals surface area contributed by atoms with E-state index in [9.17, 15) is 0 Å². The van der Waals surface area contributed by atoms with E-state index in [2.05, 4.69) is 36.2 Å². The third kappa shape index (κ3) is 5.24. The van der Waals surface area contributed by atoms with Crippen LogP contribution in [-0.4, -0.2) is 10.2 Å². The molecule has 0 spiro atoms. The molecule has 1 rings (SSSR count). The maximum atomic E-state index is 4.27. The molecule has 0 N–H and O–H groups in total. The molecule has 0 bridgehead atoms. The molecule has 0 saturated carbocycles. The van der Waals surface area contributed by atoms with Crippen molar-refractivity contribution in [2.45, 2.75) is 65.2 Å². The van der Waals surface area contributed by atoms with Gasteiger partial charge in [-0.05, 0) is 31.4 Å². The lowest BCUT2D eigenvalue weighted by Crippen LogP contribution is -1.97. The van der Waals surface area contributed by atoms with Crippen LogP contribution in [0.25, 0.3) is 0 Å². The summed E-state index contributed by atoms with van der Waals surface area (Å²) in [5.74, 6) is 0. The molecule has 90 valence electrons. The van der Waals surface area contributed by atoms with Gasteiger partial charge in [-0.25, -0.2) is 0 Å². The van der Waals surface area contributed by atoms with Gasteiger partial charge in [0.1, 0.15) is 0 Å². The van der Waals surface area contributed by atoms with Gasteiger partial charge in [0.2, 0.25) is 0 Å². The van der Waals surface area contributed by atoms with Crippen LogP contribution in [0.2, 0.25) is 0 Å². The van der Waals surface area contributed by atoms with Gasteiger partial charge < -0.3 is 0 Å². The first kappa shape index (κ1) is 13.1. The Balaban J connectivity index is 2.21. The van der Waals surface area contributed by atoms with E-state index in [0.717, 1.165) is 30.7 Å². The van der Waals surface area contributed by atoms with Crippen molar-refractivity contribution in [3.05, 3.63) is 23.5 Å². The van der Waals surface area contributed by atoms with Gasteiger partial charge in [-0.2, -0.15) is 10.2 Å². The van der Waals surface area contributed by atoms with E-state index in [0.29, 0.717) is 0 Å². The monoisotopic (exact) mass is 220 g/mol. The van der Waals surface area contributed by atoms with Crippen LogP contribution < -0.4 is 0 Å². The zero-order chi connectivity index (χ0) is 11.6. The summed E-state index contributed by atoms with van der Waals surface area (Å²) in [4.78, 5) is 0. The number of hydrogen-bond acceptors (Lipinski definition) is 2. The quantitative estimate of drug-likeness (QED) is 0.620. The lowest BCUT2D eigenvalue weighted by atomic mass is 10.1. The fourth-order valence-corrected chi connectivity index (χ4v) is 1.82. The fraction of sp³-hybridized carbons (Fsp3) is 0.714. The normalized spacial score (nSPS) is 10.6. The van der Waals surface area contributed by atoms with E-state index < -0.39 is 0 Å². The molecule has 0 radical (unpaired) electrons. The number of aryl methyl sites for hydroxylation is 2. The molecule has 0 fully saturated rings. The van der Waals surface area contributed by atoms with Crippen molar-refractivity contribution in [3.63, 3.8) is 0 Å². The van der Waals surface area contributed by atoms with Gasteiger partial charge in [0.05, 0.1) is 11.4 Å². The van der Waals surface area contributed by atoms with Crippen LogP contribution in [-0.2, 0) is 12.8 Å². The minimum Gasteiger partial charge on any atom is -0.155 e. The van der Waals surface area contributed by atoms with E-state index in [1.807, 2.05) is 0 Å². The van der Waals surface area contributed by atoms with E-state index in [1.54, 1.807) is 0 Å². The first-order valence-corrected chi connectivity index (χ1v) is 6.68. The molecule has 2 heteroatoms. The van der Waals surface area contributed by atoms with E-state index in [4.69, 9.17) is 0 Å². The summed E-state index contributed by atoms with van der Waals surface area (Å²) in [6.07, 6.45) is 9.89. The maximum Gasteiger partial charge on any atom is 0.0631 e. The Morgan fingerprint density at radius 3 is 1.94 bits per heavy atom. The number of hydrogen-bond donors (Lipinski definition) is 0. The molecule has 1 aromatic rings. The molecule has 0 aliphatic carbocycles. The Hall–Kier alpha value is -0.920. The highest BCUT2D eigenvalue weighted by molar-refractivity contribution is 5.06. The standard InChI is InChI=1S/C14H24N2/c1-3-5-6-7-8-10-14-12-11-13(9-4-2)15-16-14/h11-12H,3-10H2,1-2H3. The molecule has 16 heavy (non-hydrogen) atoms. The Labute approximate surface area is 99.5 Å². The van der Waals surface area contributed by atoms with Gasteiger partial charge in [-0.15, -0.1) is 0 Å². The summed E-state index contributed by atoms with van der Waals surface area (Å²) in [7, 11) is 0. The van der Waals surface area contributed by atoms with Gasteiger partial charge in [-0.3, -0.25) is 0 Å². The van der Waals surface area contributed by atoms with Crippen LogP contribution in [0.5, 0.6) is 0 Å². The highest BCUT2D eigenvalue weighted by Crippen LogP contribution is 2.07. The summed E-state index contributed by atoms with van der Waals surface area (Å²) < 4.78 is 0.